The second kappa shape index (κ2) is 3.77. The lowest BCUT2D eigenvalue weighted by molar-refractivity contribution is -0.117. The van der Waals surface area contributed by atoms with E-state index in [0.717, 1.165) is 25.0 Å². The summed E-state index contributed by atoms with van der Waals surface area (Å²) in [6.45, 7) is 1.99. The zero-order valence-corrected chi connectivity index (χ0v) is 9.30. The van der Waals surface area contributed by atoms with Gasteiger partial charge in [-0.15, -0.1) is 11.8 Å². The van der Waals surface area contributed by atoms with E-state index < -0.39 is 0 Å². The first-order chi connectivity index (χ1) is 6.65. The molecule has 0 amide bonds. The van der Waals surface area contributed by atoms with E-state index in [2.05, 4.69) is 11.2 Å². The molecule has 1 heterocycles. The molecule has 14 heavy (non-hydrogen) atoms. The van der Waals surface area contributed by atoms with E-state index in [1.807, 2.05) is 18.7 Å². The van der Waals surface area contributed by atoms with Crippen LogP contribution in [-0.4, -0.2) is 20.8 Å². The fourth-order valence-corrected chi connectivity index (χ4v) is 3.03. The largest absolute Gasteiger partial charge is 0.300 e. The van der Waals surface area contributed by atoms with Crippen molar-refractivity contribution in [2.45, 2.75) is 36.5 Å². The van der Waals surface area contributed by atoms with E-state index in [4.69, 9.17) is 0 Å². The summed E-state index contributed by atoms with van der Waals surface area (Å²) in [5.41, 5.74) is 1.04. The van der Waals surface area contributed by atoms with Gasteiger partial charge in [-0.3, -0.25) is 9.48 Å². The van der Waals surface area contributed by atoms with E-state index in [9.17, 15) is 4.79 Å². The van der Waals surface area contributed by atoms with Crippen LogP contribution in [0.1, 0.15) is 25.0 Å². The smallest absolute Gasteiger partial charge is 0.134 e. The van der Waals surface area contributed by atoms with Crippen molar-refractivity contribution in [2.75, 3.05) is 0 Å². The van der Waals surface area contributed by atoms with E-state index in [1.54, 1.807) is 11.8 Å². The lowest BCUT2D eigenvalue weighted by Gasteiger charge is -2.06. The number of carbonyl (C=O) groups excluding carboxylic acids is 1. The Balaban J connectivity index is 2.04. The standard InChI is InChI=1S/C10H14N2OS/c1-7-5-10(12(2)11-7)14-9-4-3-8(13)6-9/h5,9H,3-4,6H2,1-2H3. The van der Waals surface area contributed by atoms with E-state index >= 15 is 0 Å². The number of aryl methyl sites for hydroxylation is 2. The highest BCUT2D eigenvalue weighted by atomic mass is 32.2. The molecule has 1 aromatic heterocycles. The lowest BCUT2D eigenvalue weighted by Crippen LogP contribution is -1.99. The van der Waals surface area contributed by atoms with E-state index in [-0.39, 0.29) is 0 Å². The summed E-state index contributed by atoms with van der Waals surface area (Å²) in [7, 11) is 1.95. The van der Waals surface area contributed by atoms with Gasteiger partial charge in [0, 0.05) is 25.1 Å². The predicted molar refractivity (Wildman–Crippen MR) is 56.4 cm³/mol. The predicted octanol–water partition coefficient (Wildman–Crippen LogP) is 1.94. The molecule has 2 rings (SSSR count). The van der Waals surface area contributed by atoms with E-state index in [1.165, 1.54) is 5.03 Å². The van der Waals surface area contributed by atoms with Crippen molar-refractivity contribution < 1.29 is 4.79 Å². The molecule has 1 aromatic rings. The molecule has 0 N–H and O–H groups in total. The van der Waals surface area contributed by atoms with Crippen molar-refractivity contribution in [3.05, 3.63) is 11.8 Å². The number of hydrogen-bond donors (Lipinski definition) is 0. The van der Waals surface area contributed by atoms with Gasteiger partial charge in [-0.2, -0.15) is 5.10 Å². The molecule has 1 atom stereocenters. The minimum atomic E-state index is 0.404. The summed E-state index contributed by atoms with van der Waals surface area (Å²) < 4.78 is 1.89. The summed E-state index contributed by atoms with van der Waals surface area (Å²) in [5.74, 6) is 0.404. The molecule has 0 aromatic carbocycles. The van der Waals surface area contributed by atoms with Gasteiger partial charge in [0.05, 0.1) is 10.7 Å². The highest BCUT2D eigenvalue weighted by Crippen LogP contribution is 2.33. The van der Waals surface area contributed by atoms with Gasteiger partial charge in [0.2, 0.25) is 0 Å². The number of hydrogen-bond acceptors (Lipinski definition) is 3. The number of ketones is 1. The number of rotatable bonds is 2. The number of nitrogens with zero attached hydrogens (tertiary/aromatic N) is 2. The fraction of sp³-hybridized carbons (Fsp3) is 0.600. The average molecular weight is 210 g/mol. The Bertz CT molecular complexity index is 359. The third-order valence-corrected chi connectivity index (χ3v) is 3.81. The SMILES string of the molecule is Cc1cc(SC2CCC(=O)C2)n(C)n1. The molecule has 1 aliphatic rings. The van der Waals surface area contributed by atoms with Crippen molar-refractivity contribution in [2.24, 2.45) is 7.05 Å². The van der Waals surface area contributed by atoms with Crippen LogP contribution in [0.3, 0.4) is 0 Å². The van der Waals surface area contributed by atoms with Crippen LogP contribution in [0, 0.1) is 6.92 Å². The maximum Gasteiger partial charge on any atom is 0.134 e. The molecular formula is C10H14N2OS. The first-order valence-corrected chi connectivity index (χ1v) is 5.72. The Morgan fingerprint density at radius 3 is 2.93 bits per heavy atom. The van der Waals surface area contributed by atoms with Gasteiger partial charge in [0.25, 0.3) is 0 Å². The molecule has 1 aliphatic carbocycles. The molecule has 0 saturated heterocycles. The van der Waals surface area contributed by atoms with Gasteiger partial charge in [-0.05, 0) is 19.4 Å². The molecule has 1 unspecified atom stereocenters. The molecule has 1 fully saturated rings. The summed E-state index contributed by atoms with van der Waals surface area (Å²) in [5, 5.41) is 5.92. The first kappa shape index (κ1) is 9.77. The van der Waals surface area contributed by atoms with Crippen LogP contribution in [0.5, 0.6) is 0 Å². The first-order valence-electron chi connectivity index (χ1n) is 4.84. The molecule has 76 valence electrons. The number of aromatic nitrogens is 2. The third kappa shape index (κ3) is 2.00. The van der Waals surface area contributed by atoms with Crippen LogP contribution in [0.2, 0.25) is 0 Å². The minimum absolute atomic E-state index is 0.404. The molecule has 1 saturated carbocycles. The molecule has 0 radical (unpaired) electrons. The number of Topliss-reactive ketones (excluding diaryl/α,β-unsaturated/α-hetero) is 1. The monoisotopic (exact) mass is 210 g/mol. The van der Waals surface area contributed by atoms with Crippen molar-refractivity contribution in [3.8, 4) is 0 Å². The maximum atomic E-state index is 11.1. The highest BCUT2D eigenvalue weighted by Gasteiger charge is 2.23. The van der Waals surface area contributed by atoms with Gasteiger partial charge < -0.3 is 0 Å². The van der Waals surface area contributed by atoms with Gasteiger partial charge in [0.15, 0.2) is 0 Å². The van der Waals surface area contributed by atoms with Crippen molar-refractivity contribution in [1.29, 1.82) is 0 Å². The quantitative estimate of drug-likeness (QED) is 0.748. The summed E-state index contributed by atoms with van der Waals surface area (Å²) in [6.07, 6.45) is 2.51. The van der Waals surface area contributed by atoms with Gasteiger partial charge in [-0.25, -0.2) is 0 Å². The summed E-state index contributed by atoms with van der Waals surface area (Å²) >= 11 is 1.78. The number of carbonyl (C=O) groups is 1. The van der Waals surface area contributed by atoms with Gasteiger partial charge in [-0.1, -0.05) is 0 Å². The van der Waals surface area contributed by atoms with Crippen LogP contribution in [0.15, 0.2) is 11.1 Å². The molecule has 0 aliphatic heterocycles. The average Bonchev–Trinajstić information content (AvgIpc) is 2.61. The van der Waals surface area contributed by atoms with Crippen LogP contribution in [0.25, 0.3) is 0 Å². The van der Waals surface area contributed by atoms with Crippen molar-refractivity contribution in [1.82, 2.24) is 9.78 Å². The second-order valence-corrected chi connectivity index (χ2v) is 5.09. The number of thioether (sulfide) groups is 1. The Kier molecular flexibility index (Phi) is 2.63. The van der Waals surface area contributed by atoms with Crippen molar-refractivity contribution >= 4 is 17.5 Å². The zero-order chi connectivity index (χ0) is 10.1. The Morgan fingerprint density at radius 2 is 2.43 bits per heavy atom. The van der Waals surface area contributed by atoms with Gasteiger partial charge >= 0.3 is 0 Å². The molecular weight excluding hydrogens is 196 g/mol. The van der Waals surface area contributed by atoms with Crippen LogP contribution in [-0.2, 0) is 11.8 Å². The maximum absolute atomic E-state index is 11.1. The van der Waals surface area contributed by atoms with Crippen LogP contribution in [0.4, 0.5) is 0 Å². The van der Waals surface area contributed by atoms with Gasteiger partial charge in [0.1, 0.15) is 5.78 Å². The normalized spacial score (nSPS) is 21.9. The second-order valence-electron chi connectivity index (χ2n) is 3.77. The summed E-state index contributed by atoms with van der Waals surface area (Å²) in [4.78, 5) is 11.1. The summed E-state index contributed by atoms with van der Waals surface area (Å²) in [6, 6.07) is 2.08. The Hall–Kier alpha value is -0.770. The molecule has 0 spiro atoms. The van der Waals surface area contributed by atoms with Crippen LogP contribution >= 0.6 is 11.8 Å². The molecule has 0 bridgehead atoms. The van der Waals surface area contributed by atoms with E-state index in [0.29, 0.717) is 11.0 Å². The topological polar surface area (TPSA) is 34.9 Å². The fourth-order valence-electron chi connectivity index (χ4n) is 1.75. The Labute approximate surface area is 87.9 Å². The van der Waals surface area contributed by atoms with Crippen molar-refractivity contribution in [3.63, 3.8) is 0 Å². The molecule has 4 heteroatoms. The molecule has 3 nitrogen and oxygen atoms in total. The Morgan fingerprint density at radius 1 is 1.64 bits per heavy atom. The lowest BCUT2D eigenvalue weighted by atomic mass is 10.4. The third-order valence-electron chi connectivity index (χ3n) is 2.45. The minimum Gasteiger partial charge on any atom is -0.300 e. The van der Waals surface area contributed by atoms with Crippen LogP contribution < -0.4 is 0 Å². The highest BCUT2D eigenvalue weighted by molar-refractivity contribution is 7.99. The zero-order valence-electron chi connectivity index (χ0n) is 8.49.